The van der Waals surface area contributed by atoms with Crippen molar-refractivity contribution in [2.45, 2.75) is 25.3 Å². The third-order valence-electron chi connectivity index (χ3n) is 2.80. The van der Waals surface area contributed by atoms with Crippen LogP contribution in [0.4, 0.5) is 5.69 Å². The first kappa shape index (κ1) is 13.1. The fourth-order valence-electron chi connectivity index (χ4n) is 1.95. The Kier molecular flexibility index (Phi) is 4.64. The number of hydrogen-bond donors (Lipinski definition) is 2. The van der Waals surface area contributed by atoms with Gasteiger partial charge in [-0.2, -0.15) is 0 Å². The summed E-state index contributed by atoms with van der Waals surface area (Å²) in [6, 6.07) is 5.79. The van der Waals surface area contributed by atoms with Gasteiger partial charge in [0.2, 0.25) is 5.91 Å². The lowest BCUT2D eigenvalue weighted by Crippen LogP contribution is -2.27. The molecule has 0 bridgehead atoms. The van der Waals surface area contributed by atoms with Gasteiger partial charge in [0.25, 0.3) is 0 Å². The van der Waals surface area contributed by atoms with Crippen LogP contribution in [0.2, 0.25) is 5.02 Å². The van der Waals surface area contributed by atoms with Crippen LogP contribution in [0.5, 0.6) is 0 Å². The van der Waals surface area contributed by atoms with E-state index >= 15 is 0 Å². The second-order valence-electron chi connectivity index (χ2n) is 4.17. The number of halogens is 2. The standard InChI is InChI=1S/C12H14ClIN2O/c13-8-3-4-11(10(14)6-8)16-12(17)7-9-2-1-5-15-9/h3-4,6,9,15H,1-2,5,7H2,(H,16,17). The summed E-state index contributed by atoms with van der Waals surface area (Å²) in [5, 5.41) is 6.92. The van der Waals surface area contributed by atoms with Gasteiger partial charge in [-0.15, -0.1) is 0 Å². The molecule has 0 aromatic heterocycles. The average molecular weight is 365 g/mol. The Morgan fingerprint density at radius 1 is 1.59 bits per heavy atom. The minimum atomic E-state index is 0.0599. The van der Waals surface area contributed by atoms with Crippen LogP contribution in [0.25, 0.3) is 0 Å². The number of hydrogen-bond acceptors (Lipinski definition) is 2. The molecule has 0 spiro atoms. The third kappa shape index (κ3) is 3.82. The van der Waals surface area contributed by atoms with Crippen molar-refractivity contribution in [3.05, 3.63) is 26.8 Å². The highest BCUT2D eigenvalue weighted by molar-refractivity contribution is 14.1. The second-order valence-corrected chi connectivity index (χ2v) is 5.77. The Bertz CT molecular complexity index is 419. The predicted molar refractivity (Wildman–Crippen MR) is 78.4 cm³/mol. The van der Waals surface area contributed by atoms with E-state index < -0.39 is 0 Å². The van der Waals surface area contributed by atoms with Gasteiger partial charge in [-0.25, -0.2) is 0 Å². The number of anilines is 1. The maximum atomic E-state index is 11.8. The normalized spacial score (nSPS) is 19.3. The van der Waals surface area contributed by atoms with E-state index in [1.54, 1.807) is 6.07 Å². The van der Waals surface area contributed by atoms with Crippen molar-refractivity contribution in [3.8, 4) is 0 Å². The Morgan fingerprint density at radius 2 is 2.41 bits per heavy atom. The molecule has 92 valence electrons. The third-order valence-corrected chi connectivity index (χ3v) is 3.93. The van der Waals surface area contributed by atoms with Gasteiger partial charge < -0.3 is 10.6 Å². The summed E-state index contributed by atoms with van der Waals surface area (Å²) in [6.45, 7) is 1.02. The first-order valence-electron chi connectivity index (χ1n) is 5.63. The summed E-state index contributed by atoms with van der Waals surface area (Å²) in [4.78, 5) is 11.8. The Balaban J connectivity index is 1.93. The van der Waals surface area contributed by atoms with Gasteiger partial charge in [0.15, 0.2) is 0 Å². The van der Waals surface area contributed by atoms with Crippen LogP contribution in [0.3, 0.4) is 0 Å². The van der Waals surface area contributed by atoms with Crippen molar-refractivity contribution in [3.63, 3.8) is 0 Å². The van der Waals surface area contributed by atoms with Gasteiger partial charge in [0.05, 0.1) is 5.69 Å². The largest absolute Gasteiger partial charge is 0.325 e. The molecule has 1 aliphatic rings. The van der Waals surface area contributed by atoms with Gasteiger partial charge in [-0.3, -0.25) is 4.79 Å². The highest BCUT2D eigenvalue weighted by Gasteiger charge is 2.17. The molecular weight excluding hydrogens is 351 g/mol. The molecule has 1 aliphatic heterocycles. The molecule has 3 nitrogen and oxygen atoms in total. The predicted octanol–water partition coefficient (Wildman–Crippen LogP) is 3.03. The summed E-state index contributed by atoms with van der Waals surface area (Å²) in [6.07, 6.45) is 2.79. The molecule has 1 aromatic carbocycles. The number of rotatable bonds is 3. The van der Waals surface area contributed by atoms with Crippen LogP contribution in [-0.2, 0) is 4.79 Å². The molecule has 2 N–H and O–H groups in total. The molecule has 1 atom stereocenters. The molecular formula is C12H14ClIN2O. The first-order valence-corrected chi connectivity index (χ1v) is 7.09. The molecule has 0 aliphatic carbocycles. The van der Waals surface area contributed by atoms with Gasteiger partial charge in [-0.05, 0) is 60.2 Å². The van der Waals surface area contributed by atoms with Crippen LogP contribution in [0, 0.1) is 3.57 Å². The first-order chi connectivity index (χ1) is 8.15. The molecule has 1 amide bonds. The van der Waals surface area contributed by atoms with Gasteiger partial charge in [0, 0.05) is 21.1 Å². The van der Waals surface area contributed by atoms with E-state index in [2.05, 4.69) is 33.2 Å². The van der Waals surface area contributed by atoms with Crippen LogP contribution in [0.1, 0.15) is 19.3 Å². The fraction of sp³-hybridized carbons (Fsp3) is 0.417. The number of carbonyl (C=O) groups excluding carboxylic acids is 1. The second kappa shape index (κ2) is 6.02. The van der Waals surface area contributed by atoms with Crippen molar-refractivity contribution in [1.82, 2.24) is 5.32 Å². The lowest BCUT2D eigenvalue weighted by molar-refractivity contribution is -0.116. The van der Waals surface area contributed by atoms with Gasteiger partial charge in [-0.1, -0.05) is 11.6 Å². The van der Waals surface area contributed by atoms with Crippen molar-refractivity contribution in [2.75, 3.05) is 11.9 Å². The van der Waals surface area contributed by atoms with Crippen molar-refractivity contribution >= 4 is 45.8 Å². The van der Waals surface area contributed by atoms with E-state index in [4.69, 9.17) is 11.6 Å². The highest BCUT2D eigenvalue weighted by Crippen LogP contribution is 2.22. The topological polar surface area (TPSA) is 41.1 Å². The number of carbonyl (C=O) groups is 1. The number of nitrogens with one attached hydrogen (secondary N) is 2. The number of benzene rings is 1. The van der Waals surface area contributed by atoms with Crippen molar-refractivity contribution < 1.29 is 4.79 Å². The zero-order chi connectivity index (χ0) is 12.3. The van der Waals surface area contributed by atoms with Gasteiger partial charge >= 0.3 is 0 Å². The van der Waals surface area contributed by atoms with Crippen LogP contribution in [-0.4, -0.2) is 18.5 Å². The Hall–Kier alpha value is -0.330. The van der Waals surface area contributed by atoms with E-state index in [9.17, 15) is 4.79 Å². The van der Waals surface area contributed by atoms with Crippen molar-refractivity contribution in [1.29, 1.82) is 0 Å². The lowest BCUT2D eigenvalue weighted by atomic mass is 10.1. The average Bonchev–Trinajstić information content (AvgIpc) is 2.75. The van der Waals surface area contributed by atoms with E-state index in [-0.39, 0.29) is 5.91 Å². The summed E-state index contributed by atoms with van der Waals surface area (Å²) in [5.41, 5.74) is 0.831. The van der Waals surface area contributed by atoms with Crippen molar-refractivity contribution in [2.24, 2.45) is 0 Å². The van der Waals surface area contributed by atoms with E-state index in [1.807, 2.05) is 12.1 Å². The summed E-state index contributed by atoms with van der Waals surface area (Å²) >= 11 is 8.03. The smallest absolute Gasteiger partial charge is 0.225 e. The lowest BCUT2D eigenvalue weighted by Gasteiger charge is -2.11. The van der Waals surface area contributed by atoms with Crippen LogP contribution < -0.4 is 10.6 Å². The molecule has 0 saturated carbocycles. The molecule has 1 saturated heterocycles. The summed E-state index contributed by atoms with van der Waals surface area (Å²) < 4.78 is 0.961. The summed E-state index contributed by atoms with van der Waals surface area (Å²) in [7, 11) is 0. The molecule has 1 heterocycles. The molecule has 17 heavy (non-hydrogen) atoms. The monoisotopic (exact) mass is 364 g/mol. The zero-order valence-electron chi connectivity index (χ0n) is 9.30. The van der Waals surface area contributed by atoms with E-state index in [0.29, 0.717) is 17.5 Å². The van der Waals surface area contributed by atoms with E-state index in [1.165, 1.54) is 0 Å². The minimum Gasteiger partial charge on any atom is -0.325 e. The Labute approximate surface area is 119 Å². The van der Waals surface area contributed by atoms with Crippen LogP contribution in [0.15, 0.2) is 18.2 Å². The quantitative estimate of drug-likeness (QED) is 0.810. The Morgan fingerprint density at radius 3 is 3.06 bits per heavy atom. The van der Waals surface area contributed by atoms with Gasteiger partial charge in [0.1, 0.15) is 0 Å². The molecule has 1 unspecified atom stereocenters. The minimum absolute atomic E-state index is 0.0599. The molecule has 2 rings (SSSR count). The number of amides is 1. The molecule has 1 aromatic rings. The maximum Gasteiger partial charge on any atom is 0.225 e. The SMILES string of the molecule is O=C(CC1CCCN1)Nc1ccc(Cl)cc1I. The maximum absolute atomic E-state index is 11.8. The molecule has 1 fully saturated rings. The molecule has 0 radical (unpaired) electrons. The molecule has 5 heteroatoms. The summed E-state index contributed by atoms with van der Waals surface area (Å²) in [5.74, 6) is 0.0599. The highest BCUT2D eigenvalue weighted by atomic mass is 127. The fourth-order valence-corrected chi connectivity index (χ4v) is 2.95. The zero-order valence-corrected chi connectivity index (χ0v) is 12.2. The van der Waals surface area contributed by atoms with E-state index in [0.717, 1.165) is 28.6 Å². The van der Waals surface area contributed by atoms with Crippen LogP contribution >= 0.6 is 34.2 Å².